The molecule has 100 valence electrons. The number of carbonyl (C=O) groups excluding carboxylic acids is 1. The summed E-state index contributed by atoms with van der Waals surface area (Å²) in [4.78, 5) is 19.0. The van der Waals surface area contributed by atoms with Crippen LogP contribution in [-0.2, 0) is 0 Å². The zero-order chi connectivity index (χ0) is 13.1. The number of nitrogens with zero attached hydrogens (tertiary/aromatic N) is 2. The van der Waals surface area contributed by atoms with E-state index in [1.54, 1.807) is 0 Å². The van der Waals surface area contributed by atoms with E-state index in [9.17, 15) is 4.79 Å². The predicted octanol–water partition coefficient (Wildman–Crippen LogP) is 2.03. The predicted molar refractivity (Wildman–Crippen MR) is 75.0 cm³/mol. The summed E-state index contributed by atoms with van der Waals surface area (Å²) < 4.78 is 0. The molecule has 1 saturated heterocycles. The second kappa shape index (κ2) is 5.56. The van der Waals surface area contributed by atoms with Crippen LogP contribution >= 0.6 is 11.3 Å². The number of nitrogens with one attached hydrogen (secondary N) is 1. The number of hydrogen-bond acceptors (Lipinski definition) is 5. The van der Waals surface area contributed by atoms with Gasteiger partial charge in [0.2, 0.25) is 0 Å². The van der Waals surface area contributed by atoms with Gasteiger partial charge in [0.1, 0.15) is 10.7 Å². The van der Waals surface area contributed by atoms with E-state index in [0.717, 1.165) is 37.6 Å². The topological polar surface area (TPSA) is 71.2 Å². The van der Waals surface area contributed by atoms with Crippen molar-refractivity contribution in [2.45, 2.75) is 26.7 Å². The molecule has 3 N–H and O–H groups in total. The summed E-state index contributed by atoms with van der Waals surface area (Å²) in [5.41, 5.74) is 5.82. The Hall–Kier alpha value is -1.30. The summed E-state index contributed by atoms with van der Waals surface area (Å²) >= 11 is 1.35. The van der Waals surface area contributed by atoms with Crippen LogP contribution in [0.25, 0.3) is 0 Å². The Bertz CT molecular complexity index is 432. The molecular weight excluding hydrogens is 248 g/mol. The fourth-order valence-electron chi connectivity index (χ4n) is 2.21. The number of anilines is 2. The van der Waals surface area contributed by atoms with Crippen LogP contribution in [0.15, 0.2) is 0 Å². The highest BCUT2D eigenvalue weighted by atomic mass is 32.1. The van der Waals surface area contributed by atoms with Gasteiger partial charge in [-0.05, 0) is 19.3 Å². The summed E-state index contributed by atoms with van der Waals surface area (Å²) in [6.07, 6.45) is 2.23. The van der Waals surface area contributed by atoms with Gasteiger partial charge in [-0.2, -0.15) is 0 Å². The van der Waals surface area contributed by atoms with E-state index in [1.165, 1.54) is 11.3 Å². The monoisotopic (exact) mass is 268 g/mol. The molecule has 1 aromatic heterocycles. The molecule has 1 atom stereocenters. The third-order valence-electron chi connectivity index (χ3n) is 3.33. The van der Waals surface area contributed by atoms with Crippen LogP contribution < -0.4 is 11.1 Å². The first-order valence-electron chi connectivity index (χ1n) is 6.45. The van der Waals surface area contributed by atoms with Gasteiger partial charge in [0.05, 0.1) is 0 Å². The Morgan fingerprint density at radius 3 is 3.00 bits per heavy atom. The molecule has 0 saturated carbocycles. The number of carbonyl (C=O) groups is 1. The van der Waals surface area contributed by atoms with Gasteiger partial charge in [-0.3, -0.25) is 4.79 Å². The highest BCUT2D eigenvalue weighted by molar-refractivity contribution is 7.18. The molecule has 5 nitrogen and oxygen atoms in total. The van der Waals surface area contributed by atoms with Gasteiger partial charge in [0.15, 0.2) is 5.13 Å². The molecule has 0 bridgehead atoms. The van der Waals surface area contributed by atoms with Crippen molar-refractivity contribution >= 4 is 28.2 Å². The first-order valence-corrected chi connectivity index (χ1v) is 7.26. The number of aromatic nitrogens is 1. The summed E-state index contributed by atoms with van der Waals surface area (Å²) in [5.74, 6) is 1.02. The SMILES string of the molecule is CCNc1nc(N)c(C(=O)N2CCC(CC)C2)s1. The highest BCUT2D eigenvalue weighted by Crippen LogP contribution is 2.28. The van der Waals surface area contributed by atoms with Crippen molar-refractivity contribution in [2.75, 3.05) is 30.7 Å². The minimum absolute atomic E-state index is 0.0325. The van der Waals surface area contributed by atoms with E-state index in [0.29, 0.717) is 16.6 Å². The van der Waals surface area contributed by atoms with Crippen LogP contribution in [0.1, 0.15) is 36.4 Å². The van der Waals surface area contributed by atoms with E-state index in [4.69, 9.17) is 5.73 Å². The lowest BCUT2D eigenvalue weighted by Crippen LogP contribution is -2.28. The maximum Gasteiger partial charge on any atom is 0.267 e. The molecule has 2 rings (SSSR count). The Morgan fingerprint density at radius 2 is 2.39 bits per heavy atom. The maximum atomic E-state index is 12.3. The van der Waals surface area contributed by atoms with Gasteiger partial charge in [0, 0.05) is 19.6 Å². The Balaban J connectivity index is 2.09. The number of thiazole rings is 1. The van der Waals surface area contributed by atoms with E-state index < -0.39 is 0 Å². The lowest BCUT2D eigenvalue weighted by molar-refractivity contribution is 0.0792. The van der Waals surface area contributed by atoms with Gasteiger partial charge in [-0.15, -0.1) is 0 Å². The molecule has 1 fully saturated rings. The van der Waals surface area contributed by atoms with Crippen molar-refractivity contribution in [1.29, 1.82) is 0 Å². The van der Waals surface area contributed by atoms with Gasteiger partial charge in [0.25, 0.3) is 5.91 Å². The molecule has 1 aromatic rings. The fourth-order valence-corrected chi connectivity index (χ4v) is 3.13. The molecule has 0 aromatic carbocycles. The first-order chi connectivity index (χ1) is 8.65. The lowest BCUT2D eigenvalue weighted by atomic mass is 10.1. The average molecular weight is 268 g/mol. The number of nitrogens with two attached hydrogens (primary N) is 1. The number of likely N-dealkylation sites (tertiary alicyclic amines) is 1. The molecular formula is C12H20N4OS. The standard InChI is InChI=1S/C12H20N4OS/c1-3-8-5-6-16(7-8)11(17)9-10(13)15-12(18-9)14-4-2/h8H,3-7,13H2,1-2H3,(H,14,15). The van der Waals surface area contributed by atoms with Crippen molar-refractivity contribution in [1.82, 2.24) is 9.88 Å². The minimum atomic E-state index is 0.0325. The molecule has 0 radical (unpaired) electrons. The molecule has 18 heavy (non-hydrogen) atoms. The van der Waals surface area contributed by atoms with Crippen molar-refractivity contribution in [3.63, 3.8) is 0 Å². The molecule has 6 heteroatoms. The Labute approximate surface area is 111 Å². The van der Waals surface area contributed by atoms with E-state index in [2.05, 4.69) is 17.2 Å². The van der Waals surface area contributed by atoms with Crippen LogP contribution in [-0.4, -0.2) is 35.4 Å². The van der Waals surface area contributed by atoms with Gasteiger partial charge in [-0.1, -0.05) is 24.7 Å². The minimum Gasteiger partial charge on any atom is -0.382 e. The number of nitrogen functional groups attached to an aromatic ring is 1. The summed E-state index contributed by atoms with van der Waals surface area (Å²) in [6, 6.07) is 0. The van der Waals surface area contributed by atoms with E-state index in [1.807, 2.05) is 11.8 Å². The van der Waals surface area contributed by atoms with E-state index >= 15 is 0 Å². The molecule has 1 unspecified atom stereocenters. The summed E-state index contributed by atoms with van der Waals surface area (Å²) in [5, 5.41) is 3.82. The van der Waals surface area contributed by atoms with Crippen LogP contribution in [0.3, 0.4) is 0 Å². The second-order valence-corrected chi connectivity index (χ2v) is 5.58. The summed E-state index contributed by atoms with van der Waals surface area (Å²) in [6.45, 7) is 6.63. The molecule has 1 aliphatic heterocycles. The highest BCUT2D eigenvalue weighted by Gasteiger charge is 2.28. The smallest absolute Gasteiger partial charge is 0.267 e. The molecule has 0 spiro atoms. The van der Waals surface area contributed by atoms with Crippen LogP contribution in [0.5, 0.6) is 0 Å². The van der Waals surface area contributed by atoms with Gasteiger partial charge in [-0.25, -0.2) is 4.98 Å². The van der Waals surface area contributed by atoms with Gasteiger partial charge < -0.3 is 16.0 Å². The van der Waals surface area contributed by atoms with Crippen molar-refractivity contribution in [3.05, 3.63) is 4.88 Å². The Morgan fingerprint density at radius 1 is 1.61 bits per heavy atom. The van der Waals surface area contributed by atoms with Crippen LogP contribution in [0.4, 0.5) is 10.9 Å². The zero-order valence-corrected chi connectivity index (χ0v) is 11.7. The third-order valence-corrected chi connectivity index (χ3v) is 4.34. The molecule has 1 aliphatic rings. The van der Waals surface area contributed by atoms with Crippen molar-refractivity contribution < 1.29 is 4.79 Å². The third kappa shape index (κ3) is 2.58. The molecule has 0 aliphatic carbocycles. The molecule has 1 amide bonds. The average Bonchev–Trinajstić information content (AvgIpc) is 2.95. The normalized spacial score (nSPS) is 19.2. The summed E-state index contributed by atoms with van der Waals surface area (Å²) in [7, 11) is 0. The van der Waals surface area contributed by atoms with Crippen LogP contribution in [0.2, 0.25) is 0 Å². The number of rotatable bonds is 4. The molecule has 2 heterocycles. The first kappa shape index (κ1) is 13.1. The Kier molecular flexibility index (Phi) is 4.06. The number of hydrogen-bond donors (Lipinski definition) is 2. The number of amides is 1. The largest absolute Gasteiger partial charge is 0.382 e. The van der Waals surface area contributed by atoms with Crippen molar-refractivity contribution in [2.24, 2.45) is 5.92 Å². The fraction of sp³-hybridized carbons (Fsp3) is 0.667. The van der Waals surface area contributed by atoms with Crippen LogP contribution in [0, 0.1) is 5.92 Å². The van der Waals surface area contributed by atoms with E-state index in [-0.39, 0.29) is 5.91 Å². The zero-order valence-electron chi connectivity index (χ0n) is 10.9. The maximum absolute atomic E-state index is 12.3. The lowest BCUT2D eigenvalue weighted by Gasteiger charge is -2.15. The van der Waals surface area contributed by atoms with Gasteiger partial charge >= 0.3 is 0 Å². The van der Waals surface area contributed by atoms with Crippen molar-refractivity contribution in [3.8, 4) is 0 Å². The quantitative estimate of drug-likeness (QED) is 0.876. The second-order valence-electron chi connectivity index (χ2n) is 4.58.